The van der Waals surface area contributed by atoms with Gasteiger partial charge in [-0.05, 0) is 74.6 Å². The van der Waals surface area contributed by atoms with Crippen LogP contribution in [0.4, 0.5) is 0 Å². The van der Waals surface area contributed by atoms with Gasteiger partial charge in [-0.3, -0.25) is 9.69 Å². The minimum Gasteiger partial charge on any atom is -0.506 e. The zero-order chi connectivity index (χ0) is 25.2. The summed E-state index contributed by atoms with van der Waals surface area (Å²) in [6.07, 6.45) is 4.87. The lowest BCUT2D eigenvalue weighted by atomic mass is 9.87. The highest BCUT2D eigenvalue weighted by molar-refractivity contribution is 9.11. The molecule has 2 heterocycles. The van der Waals surface area contributed by atoms with E-state index < -0.39 is 0 Å². The SMILES string of the molecule is CC(C)(C)c1ccc(/C=C2\S/C(=N/N=C\c3cc(Br)cc(Br)c3O)N(Cc3ccco3)C2=O)cc1. The lowest BCUT2D eigenvalue weighted by molar-refractivity contribution is -0.122. The number of carbonyl (C=O) groups excluding carboxylic acids is 1. The maximum absolute atomic E-state index is 13.3. The molecule has 1 saturated heterocycles. The molecule has 4 rings (SSSR count). The Labute approximate surface area is 225 Å². The predicted octanol–water partition coefficient (Wildman–Crippen LogP) is 7.31. The van der Waals surface area contributed by atoms with Crippen molar-refractivity contribution in [2.75, 3.05) is 0 Å². The molecule has 1 aromatic heterocycles. The summed E-state index contributed by atoms with van der Waals surface area (Å²) >= 11 is 7.95. The maximum Gasteiger partial charge on any atom is 0.267 e. The van der Waals surface area contributed by atoms with E-state index in [0.717, 1.165) is 10.0 Å². The van der Waals surface area contributed by atoms with E-state index in [1.807, 2.05) is 24.3 Å². The van der Waals surface area contributed by atoms with Gasteiger partial charge in [-0.2, -0.15) is 5.10 Å². The van der Waals surface area contributed by atoms with Crippen LogP contribution in [0.25, 0.3) is 6.08 Å². The molecule has 1 amide bonds. The van der Waals surface area contributed by atoms with E-state index in [0.29, 0.717) is 25.9 Å². The number of halogens is 2. The van der Waals surface area contributed by atoms with E-state index >= 15 is 0 Å². The van der Waals surface area contributed by atoms with Crippen molar-refractivity contribution >= 4 is 67.0 Å². The largest absolute Gasteiger partial charge is 0.506 e. The summed E-state index contributed by atoms with van der Waals surface area (Å²) in [5.41, 5.74) is 2.70. The molecule has 9 heteroatoms. The Kier molecular flexibility index (Phi) is 7.68. The van der Waals surface area contributed by atoms with E-state index in [-0.39, 0.29) is 23.6 Å². The molecule has 1 fully saturated rings. The van der Waals surface area contributed by atoms with Gasteiger partial charge in [0, 0.05) is 10.0 Å². The molecule has 1 N–H and O–H groups in total. The number of furan rings is 1. The first kappa shape index (κ1) is 25.5. The Hall–Kier alpha value is -2.62. The number of benzene rings is 2. The summed E-state index contributed by atoms with van der Waals surface area (Å²) in [6, 6.07) is 15.2. The summed E-state index contributed by atoms with van der Waals surface area (Å²) < 4.78 is 6.76. The molecule has 0 aliphatic carbocycles. The maximum atomic E-state index is 13.3. The van der Waals surface area contributed by atoms with Crippen molar-refractivity contribution in [3.05, 3.63) is 91.1 Å². The number of amides is 1. The lowest BCUT2D eigenvalue weighted by Crippen LogP contribution is -2.28. The number of rotatable bonds is 5. The number of amidine groups is 1. The van der Waals surface area contributed by atoms with Crippen LogP contribution < -0.4 is 0 Å². The van der Waals surface area contributed by atoms with Gasteiger partial charge in [-0.1, -0.05) is 61.0 Å². The average molecular weight is 617 g/mol. The average Bonchev–Trinajstić information content (AvgIpc) is 3.41. The van der Waals surface area contributed by atoms with Crippen molar-refractivity contribution in [2.24, 2.45) is 10.2 Å². The first-order chi connectivity index (χ1) is 16.6. The van der Waals surface area contributed by atoms with Gasteiger partial charge in [0.2, 0.25) is 0 Å². The summed E-state index contributed by atoms with van der Waals surface area (Å²) in [6.45, 7) is 6.73. The van der Waals surface area contributed by atoms with Gasteiger partial charge >= 0.3 is 0 Å². The van der Waals surface area contributed by atoms with E-state index in [4.69, 9.17) is 4.42 Å². The standard InChI is InChI=1S/C26H23Br2N3O3S/c1-26(2,3)18-8-6-16(7-9-18)11-22-24(33)31(15-20-5-4-10-34-20)25(35-22)30-29-14-17-12-19(27)13-21(28)23(17)32/h4-14,32H,15H2,1-3H3/b22-11-,29-14-,30-25+. The zero-order valence-electron chi connectivity index (χ0n) is 19.3. The van der Waals surface area contributed by atoms with Crippen LogP contribution in [0.1, 0.15) is 43.2 Å². The molecule has 35 heavy (non-hydrogen) atoms. The molecule has 1 aliphatic heterocycles. The van der Waals surface area contributed by atoms with Crippen LogP contribution in [0.2, 0.25) is 0 Å². The molecule has 1 aliphatic rings. The minimum absolute atomic E-state index is 0.0547. The summed E-state index contributed by atoms with van der Waals surface area (Å²) in [5.74, 6) is 0.521. The van der Waals surface area contributed by atoms with Crippen LogP contribution in [0.5, 0.6) is 5.75 Å². The van der Waals surface area contributed by atoms with Crippen molar-refractivity contribution in [3.8, 4) is 5.75 Å². The minimum atomic E-state index is -0.173. The highest BCUT2D eigenvalue weighted by Crippen LogP contribution is 2.35. The number of phenolic OH excluding ortho intramolecular Hbond substituents is 1. The molecule has 0 saturated carbocycles. The van der Waals surface area contributed by atoms with Crippen LogP contribution in [0, 0.1) is 0 Å². The molecular formula is C26H23Br2N3O3S. The smallest absolute Gasteiger partial charge is 0.267 e. The summed E-state index contributed by atoms with van der Waals surface area (Å²) in [4.78, 5) is 15.3. The third-order valence-electron chi connectivity index (χ3n) is 5.25. The van der Waals surface area contributed by atoms with E-state index in [1.54, 1.807) is 24.5 Å². The van der Waals surface area contributed by atoms with Gasteiger partial charge in [-0.25, -0.2) is 0 Å². The first-order valence-corrected chi connectivity index (χ1v) is 13.2. The topological polar surface area (TPSA) is 78.4 Å². The Morgan fingerprint density at radius 3 is 2.54 bits per heavy atom. The van der Waals surface area contributed by atoms with Crippen molar-refractivity contribution in [2.45, 2.75) is 32.7 Å². The van der Waals surface area contributed by atoms with Gasteiger partial charge in [-0.15, -0.1) is 5.10 Å². The molecule has 180 valence electrons. The van der Waals surface area contributed by atoms with Gasteiger partial charge < -0.3 is 9.52 Å². The van der Waals surface area contributed by atoms with Crippen molar-refractivity contribution in [3.63, 3.8) is 0 Å². The quantitative estimate of drug-likeness (QED) is 0.185. The van der Waals surface area contributed by atoms with E-state index in [1.165, 1.54) is 28.4 Å². The highest BCUT2D eigenvalue weighted by atomic mass is 79.9. The van der Waals surface area contributed by atoms with E-state index in [9.17, 15) is 9.90 Å². The van der Waals surface area contributed by atoms with E-state index in [2.05, 4.69) is 75.0 Å². The fraction of sp³-hybridized carbons (Fsp3) is 0.192. The van der Waals surface area contributed by atoms with Crippen LogP contribution in [0.3, 0.4) is 0 Å². The van der Waals surface area contributed by atoms with Crippen LogP contribution in [-0.4, -0.2) is 27.3 Å². The first-order valence-electron chi connectivity index (χ1n) is 10.8. The predicted molar refractivity (Wildman–Crippen MR) is 149 cm³/mol. The second kappa shape index (κ2) is 10.6. The molecule has 6 nitrogen and oxygen atoms in total. The third-order valence-corrected chi connectivity index (χ3v) is 7.31. The van der Waals surface area contributed by atoms with Crippen molar-refractivity contribution < 1.29 is 14.3 Å². The fourth-order valence-electron chi connectivity index (χ4n) is 3.34. The number of hydrogen-bond acceptors (Lipinski definition) is 6. The van der Waals surface area contributed by atoms with Gasteiger partial charge in [0.15, 0.2) is 5.17 Å². The Morgan fingerprint density at radius 1 is 1.14 bits per heavy atom. The Morgan fingerprint density at radius 2 is 1.89 bits per heavy atom. The second-order valence-electron chi connectivity index (χ2n) is 8.91. The van der Waals surface area contributed by atoms with Gasteiger partial charge in [0.05, 0.1) is 28.4 Å². The van der Waals surface area contributed by atoms with Crippen LogP contribution in [-0.2, 0) is 16.8 Å². The highest BCUT2D eigenvalue weighted by Gasteiger charge is 2.34. The molecule has 0 atom stereocenters. The second-order valence-corrected chi connectivity index (χ2v) is 11.7. The fourth-order valence-corrected chi connectivity index (χ4v) is 5.53. The van der Waals surface area contributed by atoms with Crippen molar-refractivity contribution in [1.82, 2.24) is 4.90 Å². The zero-order valence-corrected chi connectivity index (χ0v) is 23.3. The molecule has 0 spiro atoms. The van der Waals surface area contributed by atoms with Crippen LogP contribution in [0.15, 0.2) is 83.3 Å². The summed E-state index contributed by atoms with van der Waals surface area (Å²) in [7, 11) is 0. The Bertz CT molecular complexity index is 1330. The number of thioether (sulfide) groups is 1. The van der Waals surface area contributed by atoms with Crippen molar-refractivity contribution in [1.29, 1.82) is 0 Å². The summed E-state index contributed by atoms with van der Waals surface area (Å²) in [5, 5.41) is 19.1. The number of phenols is 1. The third kappa shape index (κ3) is 6.15. The number of aromatic hydroxyl groups is 1. The normalized spacial score (nSPS) is 16.8. The number of hydrogen-bond donors (Lipinski definition) is 1. The van der Waals surface area contributed by atoms with Crippen LogP contribution >= 0.6 is 43.6 Å². The molecule has 0 unspecified atom stereocenters. The molecule has 2 aromatic carbocycles. The van der Waals surface area contributed by atoms with Gasteiger partial charge in [0.25, 0.3) is 5.91 Å². The Balaban J connectivity index is 1.63. The lowest BCUT2D eigenvalue weighted by Gasteiger charge is -2.18. The van der Waals surface area contributed by atoms with Gasteiger partial charge in [0.1, 0.15) is 11.5 Å². The molecule has 0 radical (unpaired) electrons. The molecule has 3 aromatic rings. The molecule has 0 bridgehead atoms. The molecular weight excluding hydrogens is 594 g/mol. The monoisotopic (exact) mass is 615 g/mol. The number of carbonyl (C=O) groups is 1. The number of nitrogens with zero attached hydrogens (tertiary/aromatic N) is 3.